The van der Waals surface area contributed by atoms with Crippen LogP contribution < -0.4 is 10.6 Å². The zero-order chi connectivity index (χ0) is 26.6. The highest BCUT2D eigenvalue weighted by molar-refractivity contribution is 7.99. The number of aryl methyl sites for hydroxylation is 1. The quantitative estimate of drug-likeness (QED) is 0.307. The highest BCUT2D eigenvalue weighted by Crippen LogP contribution is 2.34. The first kappa shape index (κ1) is 26.4. The molecule has 2 heterocycles. The molecule has 0 aliphatic carbocycles. The van der Waals surface area contributed by atoms with Crippen molar-refractivity contribution in [2.24, 2.45) is 0 Å². The number of carbonyl (C=O) groups is 2. The van der Waals surface area contributed by atoms with Crippen LogP contribution in [0.4, 0.5) is 18.9 Å². The molecule has 4 rings (SSSR count). The summed E-state index contributed by atoms with van der Waals surface area (Å²) in [5.74, 6) is -0.350. The molecule has 0 aliphatic rings. The van der Waals surface area contributed by atoms with Crippen molar-refractivity contribution in [1.82, 2.24) is 25.1 Å². The SMILES string of the molecule is Cc1ccc(C(=O)NCCc2nnc3ccc(SCC(=O)Nc4cc(C(F)(F)F)ccc4Cl)nn23)cc1. The number of nitrogens with zero attached hydrogens (tertiary/aromatic N) is 4. The number of anilines is 1. The second kappa shape index (κ2) is 11.2. The lowest BCUT2D eigenvalue weighted by molar-refractivity contribution is -0.137. The molecule has 2 aromatic heterocycles. The molecule has 0 aliphatic heterocycles. The van der Waals surface area contributed by atoms with Crippen molar-refractivity contribution in [1.29, 1.82) is 0 Å². The average Bonchev–Trinajstić information content (AvgIpc) is 3.26. The van der Waals surface area contributed by atoms with Crippen molar-refractivity contribution in [2.75, 3.05) is 17.6 Å². The van der Waals surface area contributed by atoms with E-state index in [-0.39, 0.29) is 22.4 Å². The van der Waals surface area contributed by atoms with E-state index in [9.17, 15) is 22.8 Å². The van der Waals surface area contributed by atoms with Gasteiger partial charge in [0.2, 0.25) is 5.91 Å². The number of thioether (sulfide) groups is 1. The molecule has 0 saturated carbocycles. The topological polar surface area (TPSA) is 101 Å². The summed E-state index contributed by atoms with van der Waals surface area (Å²) in [6, 6.07) is 13.3. The summed E-state index contributed by atoms with van der Waals surface area (Å²) in [6.45, 7) is 2.25. The first-order chi connectivity index (χ1) is 17.6. The number of alkyl halides is 3. The predicted octanol–water partition coefficient (Wildman–Crippen LogP) is 4.81. The number of amides is 2. The molecule has 8 nitrogen and oxygen atoms in total. The third kappa shape index (κ3) is 6.77. The summed E-state index contributed by atoms with van der Waals surface area (Å²) in [7, 11) is 0. The number of nitrogens with one attached hydrogen (secondary N) is 2. The van der Waals surface area contributed by atoms with Gasteiger partial charge in [0.05, 0.1) is 22.0 Å². The molecule has 2 aromatic carbocycles. The van der Waals surface area contributed by atoms with Crippen LogP contribution in [0.3, 0.4) is 0 Å². The molecular weight excluding hydrogens is 529 g/mol. The van der Waals surface area contributed by atoms with Crippen molar-refractivity contribution < 1.29 is 22.8 Å². The largest absolute Gasteiger partial charge is 0.416 e. The average molecular weight is 549 g/mol. The minimum atomic E-state index is -4.56. The van der Waals surface area contributed by atoms with E-state index in [1.807, 2.05) is 19.1 Å². The van der Waals surface area contributed by atoms with Gasteiger partial charge in [-0.3, -0.25) is 9.59 Å². The van der Waals surface area contributed by atoms with E-state index in [4.69, 9.17) is 11.6 Å². The first-order valence-electron chi connectivity index (χ1n) is 11.0. The van der Waals surface area contributed by atoms with Crippen LogP contribution >= 0.6 is 23.4 Å². The monoisotopic (exact) mass is 548 g/mol. The summed E-state index contributed by atoms with van der Waals surface area (Å²) in [4.78, 5) is 24.6. The molecule has 0 unspecified atom stereocenters. The minimum Gasteiger partial charge on any atom is -0.352 e. The molecule has 37 heavy (non-hydrogen) atoms. The van der Waals surface area contributed by atoms with Crippen LogP contribution in [0.15, 0.2) is 59.6 Å². The first-order valence-corrected chi connectivity index (χ1v) is 12.3. The normalized spacial score (nSPS) is 11.5. The van der Waals surface area contributed by atoms with Crippen molar-refractivity contribution >= 4 is 46.5 Å². The Labute approximate surface area is 218 Å². The summed E-state index contributed by atoms with van der Waals surface area (Å²) in [6.07, 6.45) is -4.19. The summed E-state index contributed by atoms with van der Waals surface area (Å²) in [5.41, 5.74) is 1.06. The van der Waals surface area contributed by atoms with Crippen LogP contribution in [-0.2, 0) is 17.4 Å². The lowest BCUT2D eigenvalue weighted by Gasteiger charge is -2.11. The molecule has 192 valence electrons. The molecule has 2 amide bonds. The molecule has 0 bridgehead atoms. The number of rotatable bonds is 8. The maximum atomic E-state index is 12.9. The van der Waals surface area contributed by atoms with Crippen LogP contribution in [0, 0.1) is 6.92 Å². The highest BCUT2D eigenvalue weighted by Gasteiger charge is 2.31. The lowest BCUT2D eigenvalue weighted by Crippen LogP contribution is -2.26. The highest BCUT2D eigenvalue weighted by atomic mass is 35.5. The third-order valence-corrected chi connectivity index (χ3v) is 6.42. The Morgan fingerprint density at radius 2 is 1.81 bits per heavy atom. The fourth-order valence-electron chi connectivity index (χ4n) is 3.27. The van der Waals surface area contributed by atoms with Crippen molar-refractivity contribution in [2.45, 2.75) is 24.5 Å². The van der Waals surface area contributed by atoms with E-state index in [0.29, 0.717) is 35.0 Å². The number of aromatic nitrogens is 4. The second-order valence-electron chi connectivity index (χ2n) is 7.96. The number of carbonyl (C=O) groups excluding carboxylic acids is 2. The Morgan fingerprint density at radius 1 is 1.05 bits per heavy atom. The molecular formula is C24H20ClF3N6O2S. The zero-order valence-electron chi connectivity index (χ0n) is 19.3. The van der Waals surface area contributed by atoms with Crippen LogP contribution in [0.2, 0.25) is 5.02 Å². The zero-order valence-corrected chi connectivity index (χ0v) is 20.9. The fraction of sp³-hybridized carbons (Fsp3) is 0.208. The van der Waals surface area contributed by atoms with Crippen LogP contribution in [-0.4, -0.2) is 43.9 Å². The molecule has 0 atom stereocenters. The van der Waals surface area contributed by atoms with Crippen molar-refractivity contribution in [3.63, 3.8) is 0 Å². The van der Waals surface area contributed by atoms with E-state index in [0.717, 1.165) is 35.5 Å². The van der Waals surface area contributed by atoms with Gasteiger partial charge in [-0.05, 0) is 49.4 Å². The van der Waals surface area contributed by atoms with Gasteiger partial charge in [-0.25, -0.2) is 0 Å². The van der Waals surface area contributed by atoms with E-state index >= 15 is 0 Å². The van der Waals surface area contributed by atoms with Crippen LogP contribution in [0.25, 0.3) is 5.65 Å². The number of hydrogen-bond donors (Lipinski definition) is 2. The Bertz CT molecular complexity index is 1440. The van der Waals surface area contributed by atoms with Gasteiger partial charge in [0, 0.05) is 18.5 Å². The number of halogens is 4. The maximum Gasteiger partial charge on any atom is 0.416 e. The van der Waals surface area contributed by atoms with Crippen molar-refractivity contribution in [3.05, 3.63) is 82.1 Å². The smallest absolute Gasteiger partial charge is 0.352 e. The standard InChI is InChI=1S/C24H20ClF3N6O2S/c1-14-2-4-15(5-3-14)23(36)29-11-10-20-32-31-19-8-9-22(33-34(19)20)37-13-21(35)30-18-12-16(24(26,27)28)6-7-17(18)25/h2-9,12H,10-11,13H2,1H3,(H,29,36)(H,30,35). The van der Waals surface area contributed by atoms with E-state index in [1.165, 1.54) is 4.52 Å². The molecule has 0 fully saturated rings. The predicted molar refractivity (Wildman–Crippen MR) is 134 cm³/mol. The molecule has 13 heteroatoms. The lowest BCUT2D eigenvalue weighted by atomic mass is 10.1. The molecule has 0 radical (unpaired) electrons. The third-order valence-electron chi connectivity index (χ3n) is 5.17. The van der Waals surface area contributed by atoms with Gasteiger partial charge in [-0.1, -0.05) is 41.1 Å². The van der Waals surface area contributed by atoms with Crippen LogP contribution in [0.1, 0.15) is 27.3 Å². The molecule has 4 aromatic rings. The molecule has 2 N–H and O–H groups in total. The summed E-state index contributed by atoms with van der Waals surface area (Å²) < 4.78 is 40.4. The Hall–Kier alpha value is -3.64. The number of benzene rings is 2. The van der Waals surface area contributed by atoms with E-state index in [2.05, 4.69) is 25.9 Å². The van der Waals surface area contributed by atoms with Crippen LogP contribution in [0.5, 0.6) is 0 Å². The second-order valence-corrected chi connectivity index (χ2v) is 9.36. The maximum absolute atomic E-state index is 12.9. The van der Waals surface area contributed by atoms with Gasteiger partial charge < -0.3 is 10.6 Å². The van der Waals surface area contributed by atoms with Gasteiger partial charge >= 0.3 is 6.18 Å². The number of fused-ring (bicyclic) bond motifs is 1. The van der Waals surface area contributed by atoms with Gasteiger partial charge in [-0.15, -0.1) is 10.2 Å². The Kier molecular flexibility index (Phi) is 7.98. The van der Waals surface area contributed by atoms with Gasteiger partial charge in [-0.2, -0.15) is 22.8 Å². The minimum absolute atomic E-state index is 0.00510. The Balaban J connectivity index is 1.35. The fourth-order valence-corrected chi connectivity index (χ4v) is 4.09. The van der Waals surface area contributed by atoms with E-state index < -0.39 is 17.6 Å². The van der Waals surface area contributed by atoms with Gasteiger partial charge in [0.15, 0.2) is 11.5 Å². The van der Waals surface area contributed by atoms with Gasteiger partial charge in [0.25, 0.3) is 5.91 Å². The van der Waals surface area contributed by atoms with Gasteiger partial charge in [0.1, 0.15) is 5.03 Å². The Morgan fingerprint density at radius 3 is 2.54 bits per heavy atom. The summed E-state index contributed by atoms with van der Waals surface area (Å²) >= 11 is 7.02. The molecule has 0 saturated heterocycles. The van der Waals surface area contributed by atoms with Crippen molar-refractivity contribution in [3.8, 4) is 0 Å². The van der Waals surface area contributed by atoms with E-state index in [1.54, 1.807) is 24.3 Å². The number of hydrogen-bond acceptors (Lipinski definition) is 6. The molecule has 0 spiro atoms. The summed E-state index contributed by atoms with van der Waals surface area (Å²) in [5, 5.41) is 18.3.